The van der Waals surface area contributed by atoms with Crippen LogP contribution in [-0.2, 0) is 21.4 Å². The van der Waals surface area contributed by atoms with Crippen LogP contribution >= 0.6 is 0 Å². The molecule has 0 fully saturated rings. The van der Waals surface area contributed by atoms with Gasteiger partial charge in [0.05, 0.1) is 11.8 Å². The molecule has 0 bridgehead atoms. The van der Waals surface area contributed by atoms with Gasteiger partial charge in [0.25, 0.3) is 0 Å². The lowest BCUT2D eigenvalue weighted by molar-refractivity contribution is 0.0472. The molecule has 5 nitrogen and oxygen atoms in total. The Morgan fingerprint density at radius 1 is 1.09 bits per heavy atom. The molecule has 0 amide bonds. The summed E-state index contributed by atoms with van der Waals surface area (Å²) in [6.07, 6.45) is 1.05. The molecular formula is C17H19NO4S. The van der Waals surface area contributed by atoms with Gasteiger partial charge in [0.1, 0.15) is 6.61 Å². The number of hydrogen-bond acceptors (Lipinski definition) is 4. The van der Waals surface area contributed by atoms with Crippen molar-refractivity contribution < 1.29 is 17.9 Å². The molecule has 0 spiro atoms. The van der Waals surface area contributed by atoms with Gasteiger partial charge in [0, 0.05) is 5.69 Å². The van der Waals surface area contributed by atoms with Crippen LogP contribution < -0.4 is 4.72 Å². The molecule has 0 saturated heterocycles. The van der Waals surface area contributed by atoms with Crippen LogP contribution in [0, 0.1) is 13.8 Å². The predicted molar refractivity (Wildman–Crippen MR) is 89.9 cm³/mol. The van der Waals surface area contributed by atoms with Gasteiger partial charge >= 0.3 is 5.97 Å². The number of carbonyl (C=O) groups is 1. The fourth-order valence-corrected chi connectivity index (χ4v) is 2.86. The highest BCUT2D eigenvalue weighted by Crippen LogP contribution is 2.15. The van der Waals surface area contributed by atoms with Crippen molar-refractivity contribution in [3.8, 4) is 0 Å². The zero-order chi connectivity index (χ0) is 17.0. The van der Waals surface area contributed by atoms with E-state index < -0.39 is 16.0 Å². The minimum absolute atomic E-state index is 0.172. The monoisotopic (exact) mass is 333 g/mol. The maximum Gasteiger partial charge on any atom is 0.338 e. The van der Waals surface area contributed by atoms with Gasteiger partial charge in [-0.05, 0) is 37.6 Å². The number of sulfonamides is 1. The van der Waals surface area contributed by atoms with Gasteiger partial charge in [-0.3, -0.25) is 4.72 Å². The number of ether oxygens (including phenoxy) is 1. The number of anilines is 1. The lowest BCUT2D eigenvalue weighted by atomic mass is 10.1. The standard InChI is InChI=1S/C17H19NO4S/c1-12-7-13(2)9-14(8-12)11-22-17(19)15-5-4-6-16(10-15)18-23(3,20)21/h4-10,18H,11H2,1-3H3. The first-order valence-electron chi connectivity index (χ1n) is 7.05. The predicted octanol–water partition coefficient (Wildman–Crippen LogP) is 3.03. The summed E-state index contributed by atoms with van der Waals surface area (Å²) >= 11 is 0. The number of aryl methyl sites for hydroxylation is 2. The maximum atomic E-state index is 12.1. The summed E-state index contributed by atoms with van der Waals surface area (Å²) < 4.78 is 30.1. The molecule has 0 aromatic heterocycles. The highest BCUT2D eigenvalue weighted by molar-refractivity contribution is 7.92. The van der Waals surface area contributed by atoms with E-state index in [0.29, 0.717) is 11.3 Å². The van der Waals surface area contributed by atoms with Crippen LogP contribution in [0.5, 0.6) is 0 Å². The van der Waals surface area contributed by atoms with E-state index in [4.69, 9.17) is 4.74 Å². The molecule has 6 heteroatoms. The fourth-order valence-electron chi connectivity index (χ4n) is 2.31. The van der Waals surface area contributed by atoms with Crippen molar-refractivity contribution in [3.63, 3.8) is 0 Å². The van der Waals surface area contributed by atoms with Crippen LogP contribution in [0.1, 0.15) is 27.0 Å². The molecular weight excluding hydrogens is 314 g/mol. The number of rotatable bonds is 5. The summed E-state index contributed by atoms with van der Waals surface area (Å²) in [5, 5.41) is 0. The zero-order valence-electron chi connectivity index (χ0n) is 13.3. The van der Waals surface area contributed by atoms with Crippen LogP contribution in [0.4, 0.5) is 5.69 Å². The number of benzene rings is 2. The van der Waals surface area contributed by atoms with Crippen LogP contribution in [0.15, 0.2) is 42.5 Å². The topological polar surface area (TPSA) is 72.5 Å². The Labute approximate surface area is 136 Å². The third-order valence-corrected chi connectivity index (χ3v) is 3.66. The van der Waals surface area contributed by atoms with Crippen molar-refractivity contribution in [2.45, 2.75) is 20.5 Å². The van der Waals surface area contributed by atoms with Gasteiger partial charge in [-0.1, -0.05) is 35.4 Å². The normalized spacial score (nSPS) is 11.1. The number of hydrogen-bond donors (Lipinski definition) is 1. The number of carbonyl (C=O) groups excluding carboxylic acids is 1. The van der Waals surface area contributed by atoms with Gasteiger partial charge in [-0.2, -0.15) is 0 Å². The molecule has 1 N–H and O–H groups in total. The first-order valence-corrected chi connectivity index (χ1v) is 8.94. The summed E-state index contributed by atoms with van der Waals surface area (Å²) in [6.45, 7) is 4.14. The zero-order valence-corrected chi connectivity index (χ0v) is 14.1. The minimum Gasteiger partial charge on any atom is -0.457 e. The lowest BCUT2D eigenvalue weighted by Gasteiger charge is -2.09. The Morgan fingerprint density at radius 3 is 2.35 bits per heavy atom. The second-order valence-electron chi connectivity index (χ2n) is 5.53. The average Bonchev–Trinajstić information content (AvgIpc) is 2.42. The molecule has 2 aromatic rings. The molecule has 0 unspecified atom stereocenters. The van der Waals surface area contributed by atoms with Crippen molar-refractivity contribution >= 4 is 21.7 Å². The molecule has 0 aliphatic rings. The van der Waals surface area contributed by atoms with Gasteiger partial charge in [0.2, 0.25) is 10.0 Å². The molecule has 0 aliphatic carbocycles. The van der Waals surface area contributed by atoms with Gasteiger partial charge in [-0.25, -0.2) is 13.2 Å². The highest BCUT2D eigenvalue weighted by Gasteiger charge is 2.10. The van der Waals surface area contributed by atoms with E-state index in [1.165, 1.54) is 6.07 Å². The summed E-state index contributed by atoms with van der Waals surface area (Å²) in [7, 11) is -3.39. The van der Waals surface area contributed by atoms with Crippen LogP contribution in [0.2, 0.25) is 0 Å². The Kier molecular flexibility index (Phi) is 5.05. The smallest absolute Gasteiger partial charge is 0.338 e. The molecule has 2 aromatic carbocycles. The van der Waals surface area contributed by atoms with Crippen LogP contribution in [-0.4, -0.2) is 20.6 Å². The Morgan fingerprint density at radius 2 is 1.74 bits per heavy atom. The Hall–Kier alpha value is -2.34. The number of esters is 1. The maximum absolute atomic E-state index is 12.1. The van der Waals surface area contributed by atoms with Gasteiger partial charge in [0.15, 0.2) is 0 Å². The largest absolute Gasteiger partial charge is 0.457 e. The quantitative estimate of drug-likeness (QED) is 0.854. The third kappa shape index (κ3) is 5.41. The molecule has 0 radical (unpaired) electrons. The summed E-state index contributed by atoms with van der Waals surface area (Å²) in [6, 6.07) is 12.2. The second kappa shape index (κ2) is 6.83. The van der Waals surface area contributed by atoms with E-state index in [9.17, 15) is 13.2 Å². The minimum atomic E-state index is -3.39. The van der Waals surface area contributed by atoms with Crippen LogP contribution in [0.3, 0.4) is 0 Å². The molecule has 0 saturated carbocycles. The van der Waals surface area contributed by atoms with Crippen molar-refractivity contribution in [1.82, 2.24) is 0 Å². The van der Waals surface area contributed by atoms with E-state index in [0.717, 1.165) is 22.9 Å². The van der Waals surface area contributed by atoms with E-state index in [1.54, 1.807) is 18.2 Å². The third-order valence-electron chi connectivity index (χ3n) is 3.05. The van der Waals surface area contributed by atoms with Crippen molar-refractivity contribution in [2.24, 2.45) is 0 Å². The van der Waals surface area contributed by atoms with Crippen LogP contribution in [0.25, 0.3) is 0 Å². The van der Waals surface area contributed by atoms with Gasteiger partial charge < -0.3 is 4.74 Å². The second-order valence-corrected chi connectivity index (χ2v) is 7.28. The van der Waals surface area contributed by atoms with E-state index in [1.807, 2.05) is 32.0 Å². The first-order chi connectivity index (χ1) is 10.7. The van der Waals surface area contributed by atoms with E-state index in [-0.39, 0.29) is 6.61 Å². The molecule has 122 valence electrons. The van der Waals surface area contributed by atoms with Gasteiger partial charge in [-0.15, -0.1) is 0 Å². The fraction of sp³-hybridized carbons (Fsp3) is 0.235. The van der Waals surface area contributed by atoms with E-state index >= 15 is 0 Å². The Bertz CT molecular complexity index is 808. The molecule has 0 atom stereocenters. The van der Waals surface area contributed by atoms with Crippen molar-refractivity contribution in [2.75, 3.05) is 11.0 Å². The SMILES string of the molecule is Cc1cc(C)cc(COC(=O)c2cccc(NS(C)(=O)=O)c2)c1. The summed E-state index contributed by atoms with van der Waals surface area (Å²) in [5.41, 5.74) is 3.75. The highest BCUT2D eigenvalue weighted by atomic mass is 32.2. The Balaban J connectivity index is 2.07. The van der Waals surface area contributed by atoms with Crippen molar-refractivity contribution in [1.29, 1.82) is 0 Å². The summed E-state index contributed by atoms with van der Waals surface area (Å²) in [5.74, 6) is -0.499. The molecule has 0 aliphatic heterocycles. The van der Waals surface area contributed by atoms with E-state index in [2.05, 4.69) is 4.72 Å². The molecule has 2 rings (SSSR count). The lowest BCUT2D eigenvalue weighted by Crippen LogP contribution is -2.11. The molecule has 23 heavy (non-hydrogen) atoms. The first kappa shape index (κ1) is 17.0. The summed E-state index contributed by atoms with van der Waals surface area (Å²) in [4.78, 5) is 12.1. The molecule has 0 heterocycles. The number of nitrogens with one attached hydrogen (secondary N) is 1. The van der Waals surface area contributed by atoms with Crippen molar-refractivity contribution in [3.05, 3.63) is 64.7 Å². The average molecular weight is 333 g/mol.